The van der Waals surface area contributed by atoms with Crippen molar-refractivity contribution < 1.29 is 9.59 Å². The molecule has 0 N–H and O–H groups in total. The predicted molar refractivity (Wildman–Crippen MR) is 130 cm³/mol. The molecule has 4 nitrogen and oxygen atoms in total. The topological polar surface area (TPSA) is 40.6 Å². The number of amides is 1. The molecule has 2 aromatic carbocycles. The minimum absolute atomic E-state index is 0.0575. The summed E-state index contributed by atoms with van der Waals surface area (Å²) in [7, 11) is 1.85. The summed E-state index contributed by atoms with van der Waals surface area (Å²) >= 11 is 12.4. The third-order valence-electron chi connectivity index (χ3n) is 5.90. The van der Waals surface area contributed by atoms with Crippen molar-refractivity contribution in [2.24, 2.45) is 0 Å². The van der Waals surface area contributed by atoms with Gasteiger partial charge in [0.05, 0.1) is 19.5 Å². The Balaban J connectivity index is 1.50. The largest absolute Gasteiger partial charge is 0.342 e. The van der Waals surface area contributed by atoms with E-state index in [1.165, 1.54) is 5.56 Å². The quantitative estimate of drug-likeness (QED) is 0.528. The van der Waals surface area contributed by atoms with Gasteiger partial charge in [0.1, 0.15) is 0 Å². The molecule has 1 saturated heterocycles. The summed E-state index contributed by atoms with van der Waals surface area (Å²) in [5.41, 5.74) is 2.96. The molecule has 0 aromatic heterocycles. The fraction of sp³-hybridized carbons (Fsp3) is 0.385. The van der Waals surface area contributed by atoms with Crippen molar-refractivity contribution in [3.63, 3.8) is 0 Å². The smallest absolute Gasteiger partial charge is 0.227 e. The van der Waals surface area contributed by atoms with Gasteiger partial charge in [0.15, 0.2) is 5.78 Å². The van der Waals surface area contributed by atoms with Crippen molar-refractivity contribution in [1.82, 2.24) is 9.80 Å². The second-order valence-electron chi connectivity index (χ2n) is 8.37. The second-order valence-corrected chi connectivity index (χ2v) is 9.18. The summed E-state index contributed by atoms with van der Waals surface area (Å²) in [6.45, 7) is 2.26. The van der Waals surface area contributed by atoms with E-state index in [4.69, 9.17) is 29.6 Å². The molecule has 168 valence electrons. The van der Waals surface area contributed by atoms with E-state index in [-0.39, 0.29) is 18.1 Å². The van der Waals surface area contributed by atoms with Crippen LogP contribution in [0.2, 0.25) is 10.0 Å². The van der Waals surface area contributed by atoms with Crippen LogP contribution in [0.1, 0.15) is 35.4 Å². The Morgan fingerprint density at radius 1 is 1.06 bits per heavy atom. The number of Topliss-reactive ketones (excluding diaryl/α,β-unsaturated/α-hetero) is 1. The van der Waals surface area contributed by atoms with Gasteiger partial charge in [-0.05, 0) is 54.6 Å². The third-order valence-corrected chi connectivity index (χ3v) is 6.61. The van der Waals surface area contributed by atoms with Gasteiger partial charge in [-0.3, -0.25) is 14.5 Å². The van der Waals surface area contributed by atoms with E-state index in [1.807, 2.05) is 29.0 Å². The van der Waals surface area contributed by atoms with Crippen molar-refractivity contribution in [3.05, 3.63) is 69.2 Å². The van der Waals surface area contributed by atoms with Gasteiger partial charge in [0, 0.05) is 29.6 Å². The molecule has 0 radical (unpaired) electrons. The lowest BCUT2D eigenvalue weighted by atomic mass is 9.88. The highest BCUT2D eigenvalue weighted by molar-refractivity contribution is 6.36. The van der Waals surface area contributed by atoms with Crippen LogP contribution < -0.4 is 0 Å². The Hall–Kier alpha value is -2.32. The number of likely N-dealkylation sites (tertiary alicyclic amines) is 1. The molecule has 0 aliphatic carbocycles. The average Bonchev–Trinajstić information content (AvgIpc) is 2.77. The van der Waals surface area contributed by atoms with Gasteiger partial charge in [0.25, 0.3) is 0 Å². The van der Waals surface area contributed by atoms with E-state index in [1.54, 1.807) is 18.2 Å². The number of likely N-dealkylation sites (N-methyl/N-ethyl adjacent to an activating group) is 1. The molecule has 3 rings (SSSR count). The van der Waals surface area contributed by atoms with Crippen LogP contribution in [0.5, 0.6) is 0 Å². The van der Waals surface area contributed by atoms with E-state index < -0.39 is 0 Å². The number of carbonyl (C=O) groups excluding carboxylic acids is 2. The Labute approximate surface area is 200 Å². The maximum Gasteiger partial charge on any atom is 0.227 e. The summed E-state index contributed by atoms with van der Waals surface area (Å²) in [5.74, 6) is 3.17. The van der Waals surface area contributed by atoms with Gasteiger partial charge >= 0.3 is 0 Å². The number of terminal acetylenes is 1. The molecule has 1 heterocycles. The SMILES string of the molecule is C#CCN(C)CC(=O)Cc1ccc(C2CCN(C(=O)Cc3c(Cl)cccc3Cl)CC2)cc1. The molecule has 0 bridgehead atoms. The zero-order valence-corrected chi connectivity index (χ0v) is 19.8. The Morgan fingerprint density at radius 2 is 1.69 bits per heavy atom. The molecule has 6 heteroatoms. The maximum absolute atomic E-state index is 12.7. The van der Waals surface area contributed by atoms with E-state index in [2.05, 4.69) is 18.1 Å². The van der Waals surface area contributed by atoms with Crippen LogP contribution in [0.3, 0.4) is 0 Å². The first-order valence-electron chi connectivity index (χ1n) is 10.8. The molecule has 0 unspecified atom stereocenters. The summed E-state index contributed by atoms with van der Waals surface area (Å²) < 4.78 is 0. The lowest BCUT2D eigenvalue weighted by molar-refractivity contribution is -0.131. The number of benzene rings is 2. The van der Waals surface area contributed by atoms with Gasteiger partial charge < -0.3 is 4.90 Å². The fourth-order valence-corrected chi connectivity index (χ4v) is 4.66. The van der Waals surface area contributed by atoms with Gasteiger partial charge in [-0.2, -0.15) is 0 Å². The second kappa shape index (κ2) is 11.5. The Bertz CT molecular complexity index is 970. The molecule has 1 fully saturated rings. The minimum atomic E-state index is 0.0575. The van der Waals surface area contributed by atoms with Crippen molar-refractivity contribution in [2.45, 2.75) is 31.6 Å². The van der Waals surface area contributed by atoms with E-state index in [0.29, 0.717) is 54.1 Å². The highest BCUT2D eigenvalue weighted by atomic mass is 35.5. The molecule has 1 aliphatic heterocycles. The standard InChI is InChI=1S/C26H28Cl2N2O2/c1-3-13-29(2)18-22(31)16-19-7-9-20(10-8-19)21-11-14-30(15-12-21)26(32)17-23-24(27)5-4-6-25(23)28/h1,4-10,21H,11-18H2,2H3. The zero-order chi connectivity index (χ0) is 23.1. The molecule has 0 saturated carbocycles. The van der Waals surface area contributed by atoms with Crippen LogP contribution >= 0.6 is 23.2 Å². The van der Waals surface area contributed by atoms with E-state index in [0.717, 1.165) is 18.4 Å². The number of hydrogen-bond donors (Lipinski definition) is 0. The number of nitrogens with zero attached hydrogens (tertiary/aromatic N) is 2. The predicted octanol–water partition coefficient (Wildman–Crippen LogP) is 4.62. The van der Waals surface area contributed by atoms with Crippen LogP contribution in [0, 0.1) is 12.3 Å². The maximum atomic E-state index is 12.7. The zero-order valence-electron chi connectivity index (χ0n) is 18.3. The number of piperidine rings is 1. The normalized spacial score (nSPS) is 14.4. The number of rotatable bonds is 8. The summed E-state index contributed by atoms with van der Waals surface area (Å²) in [4.78, 5) is 28.7. The van der Waals surface area contributed by atoms with Gasteiger partial charge in [-0.25, -0.2) is 0 Å². The first kappa shape index (κ1) is 24.3. The lowest BCUT2D eigenvalue weighted by Gasteiger charge is -2.32. The Kier molecular flexibility index (Phi) is 8.75. The Morgan fingerprint density at radius 3 is 2.28 bits per heavy atom. The van der Waals surface area contributed by atoms with Crippen molar-refractivity contribution in [1.29, 1.82) is 0 Å². The van der Waals surface area contributed by atoms with Crippen LogP contribution in [-0.4, -0.2) is 54.7 Å². The number of carbonyl (C=O) groups is 2. The molecule has 0 spiro atoms. The summed E-state index contributed by atoms with van der Waals surface area (Å²) in [6, 6.07) is 13.6. The summed E-state index contributed by atoms with van der Waals surface area (Å²) in [5, 5.41) is 1.06. The molecular formula is C26H28Cl2N2O2. The molecule has 2 aromatic rings. The highest BCUT2D eigenvalue weighted by Crippen LogP contribution is 2.30. The van der Waals surface area contributed by atoms with Gasteiger partial charge in [-0.15, -0.1) is 6.42 Å². The number of ketones is 1. The van der Waals surface area contributed by atoms with Crippen LogP contribution in [0.4, 0.5) is 0 Å². The number of halogens is 2. The third kappa shape index (κ3) is 6.59. The van der Waals surface area contributed by atoms with Gasteiger partial charge in [-0.1, -0.05) is 59.5 Å². The first-order valence-corrected chi connectivity index (χ1v) is 11.6. The van der Waals surface area contributed by atoms with Crippen molar-refractivity contribution in [2.75, 3.05) is 33.2 Å². The minimum Gasteiger partial charge on any atom is -0.342 e. The van der Waals surface area contributed by atoms with Crippen molar-refractivity contribution in [3.8, 4) is 12.3 Å². The van der Waals surface area contributed by atoms with Crippen LogP contribution in [0.15, 0.2) is 42.5 Å². The number of hydrogen-bond acceptors (Lipinski definition) is 3. The molecular weight excluding hydrogens is 443 g/mol. The summed E-state index contributed by atoms with van der Waals surface area (Å²) in [6.07, 6.45) is 7.74. The molecule has 32 heavy (non-hydrogen) atoms. The van der Waals surface area contributed by atoms with Crippen LogP contribution in [-0.2, 0) is 22.4 Å². The molecule has 0 atom stereocenters. The van der Waals surface area contributed by atoms with Gasteiger partial charge in [0.2, 0.25) is 5.91 Å². The van der Waals surface area contributed by atoms with E-state index in [9.17, 15) is 9.59 Å². The molecule has 1 aliphatic rings. The average molecular weight is 471 g/mol. The van der Waals surface area contributed by atoms with Crippen LogP contribution in [0.25, 0.3) is 0 Å². The molecule has 1 amide bonds. The van der Waals surface area contributed by atoms with E-state index >= 15 is 0 Å². The lowest BCUT2D eigenvalue weighted by Crippen LogP contribution is -2.38. The monoisotopic (exact) mass is 470 g/mol. The first-order chi connectivity index (χ1) is 15.4. The highest BCUT2D eigenvalue weighted by Gasteiger charge is 2.25. The fourth-order valence-electron chi connectivity index (χ4n) is 4.13. The van der Waals surface area contributed by atoms with Crippen molar-refractivity contribution >= 4 is 34.9 Å².